The number of carbonyl (C=O) groups is 1. The average Bonchev–Trinajstić information content (AvgIpc) is 2.80. The summed E-state index contributed by atoms with van der Waals surface area (Å²) in [5.74, 6) is -0.773. The van der Waals surface area contributed by atoms with Gasteiger partial charge < -0.3 is 9.73 Å². The van der Waals surface area contributed by atoms with E-state index < -0.39 is 5.76 Å². The van der Waals surface area contributed by atoms with Gasteiger partial charge in [0.1, 0.15) is 0 Å². The van der Waals surface area contributed by atoms with E-state index in [-0.39, 0.29) is 5.91 Å². The Balaban J connectivity index is 1.91. The summed E-state index contributed by atoms with van der Waals surface area (Å²) >= 11 is 0. The van der Waals surface area contributed by atoms with Gasteiger partial charge >= 0.3 is 5.76 Å². The Bertz CT molecular complexity index is 890. The summed E-state index contributed by atoms with van der Waals surface area (Å²) in [6, 6.07) is 10.7. The summed E-state index contributed by atoms with van der Waals surface area (Å²) in [4.78, 5) is 25.9. The fourth-order valence-corrected chi connectivity index (χ4v) is 2.23. The molecule has 0 fully saturated rings. The summed E-state index contributed by atoms with van der Waals surface area (Å²) in [6.07, 6.45) is 0. The highest BCUT2D eigenvalue weighted by Crippen LogP contribution is 2.18. The molecule has 0 bridgehead atoms. The van der Waals surface area contributed by atoms with Gasteiger partial charge in [0.25, 0.3) is 5.91 Å². The number of H-pyrrole nitrogens is 1. The number of nitrogens with one attached hydrogen (secondary N) is 2. The summed E-state index contributed by atoms with van der Waals surface area (Å²) in [5, 5.41) is 2.86. The molecule has 21 heavy (non-hydrogen) atoms. The number of carbonyl (C=O) groups excluding carboxylic acids is 1. The van der Waals surface area contributed by atoms with Crippen molar-refractivity contribution in [2.24, 2.45) is 0 Å². The van der Waals surface area contributed by atoms with E-state index >= 15 is 0 Å². The Kier molecular flexibility index (Phi) is 3.10. The van der Waals surface area contributed by atoms with Crippen molar-refractivity contribution in [1.82, 2.24) is 4.98 Å². The van der Waals surface area contributed by atoms with E-state index in [9.17, 15) is 9.59 Å². The molecule has 0 saturated carbocycles. The predicted molar refractivity (Wildman–Crippen MR) is 80.7 cm³/mol. The Morgan fingerprint density at radius 1 is 1.14 bits per heavy atom. The number of aromatic amines is 1. The van der Waals surface area contributed by atoms with E-state index in [1.807, 2.05) is 32.0 Å². The molecule has 106 valence electrons. The predicted octanol–water partition coefficient (Wildman–Crippen LogP) is 2.99. The second-order valence-corrected chi connectivity index (χ2v) is 5.00. The Morgan fingerprint density at radius 3 is 2.71 bits per heavy atom. The smallest absolute Gasteiger partial charge is 0.408 e. The van der Waals surface area contributed by atoms with Crippen molar-refractivity contribution >= 4 is 22.7 Å². The summed E-state index contributed by atoms with van der Waals surface area (Å²) < 4.78 is 4.96. The number of hydrogen-bond donors (Lipinski definition) is 2. The van der Waals surface area contributed by atoms with Crippen molar-refractivity contribution in [2.75, 3.05) is 5.32 Å². The van der Waals surface area contributed by atoms with Crippen LogP contribution < -0.4 is 11.1 Å². The van der Waals surface area contributed by atoms with Crippen LogP contribution in [-0.2, 0) is 0 Å². The van der Waals surface area contributed by atoms with E-state index in [1.54, 1.807) is 18.2 Å². The number of aryl methyl sites for hydroxylation is 2. The van der Waals surface area contributed by atoms with Crippen LogP contribution in [0.15, 0.2) is 45.6 Å². The Labute approximate surface area is 120 Å². The lowest BCUT2D eigenvalue weighted by atomic mass is 10.1. The van der Waals surface area contributed by atoms with Crippen LogP contribution in [0.25, 0.3) is 11.1 Å². The summed E-state index contributed by atoms with van der Waals surface area (Å²) in [5.41, 5.74) is 4.28. The molecule has 5 heteroatoms. The van der Waals surface area contributed by atoms with Gasteiger partial charge in [-0.3, -0.25) is 9.78 Å². The van der Waals surface area contributed by atoms with Crippen molar-refractivity contribution < 1.29 is 9.21 Å². The maximum atomic E-state index is 12.3. The molecule has 1 aromatic heterocycles. The van der Waals surface area contributed by atoms with Gasteiger partial charge in [0.2, 0.25) is 0 Å². The first-order valence-electron chi connectivity index (χ1n) is 6.54. The van der Waals surface area contributed by atoms with E-state index in [0.717, 1.165) is 16.8 Å². The molecule has 0 spiro atoms. The highest BCUT2D eigenvalue weighted by Gasteiger charge is 2.10. The lowest BCUT2D eigenvalue weighted by Crippen LogP contribution is -2.12. The maximum absolute atomic E-state index is 12.3. The van der Waals surface area contributed by atoms with Crippen LogP contribution in [0.2, 0.25) is 0 Å². The molecule has 5 nitrogen and oxygen atoms in total. The number of aromatic nitrogens is 1. The molecular weight excluding hydrogens is 268 g/mol. The molecule has 0 saturated heterocycles. The lowest BCUT2D eigenvalue weighted by Gasteiger charge is -2.09. The van der Waals surface area contributed by atoms with Gasteiger partial charge in [-0.15, -0.1) is 0 Å². The van der Waals surface area contributed by atoms with Crippen LogP contribution in [0.1, 0.15) is 21.5 Å². The molecule has 3 rings (SSSR count). The molecule has 0 aliphatic rings. The van der Waals surface area contributed by atoms with Gasteiger partial charge in [0.05, 0.1) is 5.52 Å². The van der Waals surface area contributed by atoms with E-state index in [1.165, 1.54) is 0 Å². The van der Waals surface area contributed by atoms with Crippen LogP contribution in [0.4, 0.5) is 5.69 Å². The van der Waals surface area contributed by atoms with Crippen LogP contribution in [0.3, 0.4) is 0 Å². The van der Waals surface area contributed by atoms with Crippen LogP contribution >= 0.6 is 0 Å². The minimum Gasteiger partial charge on any atom is -0.408 e. The highest BCUT2D eigenvalue weighted by molar-refractivity contribution is 6.06. The SMILES string of the molecule is Cc1ccc(NC(=O)c2ccc3[nH]c(=O)oc3c2)c(C)c1. The van der Waals surface area contributed by atoms with Gasteiger partial charge in [-0.25, -0.2) is 4.79 Å². The molecule has 0 atom stereocenters. The normalized spacial score (nSPS) is 10.8. The molecule has 0 aliphatic heterocycles. The number of rotatable bonds is 2. The standard InChI is InChI=1S/C16H14N2O3/c1-9-3-5-12(10(2)7-9)17-15(19)11-4-6-13-14(8-11)21-16(20)18-13/h3-8H,1-2H3,(H,17,19)(H,18,20). The van der Waals surface area contributed by atoms with Gasteiger partial charge in [-0.05, 0) is 43.7 Å². The molecule has 2 aromatic carbocycles. The minimum absolute atomic E-state index is 0.243. The third kappa shape index (κ3) is 2.58. The second-order valence-electron chi connectivity index (χ2n) is 5.00. The zero-order chi connectivity index (χ0) is 15.0. The van der Waals surface area contributed by atoms with Gasteiger partial charge in [0, 0.05) is 11.3 Å². The number of fused-ring (bicyclic) bond motifs is 1. The molecule has 1 heterocycles. The monoisotopic (exact) mass is 282 g/mol. The summed E-state index contributed by atoms with van der Waals surface area (Å²) in [7, 11) is 0. The van der Waals surface area contributed by atoms with Crippen molar-refractivity contribution in [3.63, 3.8) is 0 Å². The molecule has 0 radical (unpaired) electrons. The molecule has 0 unspecified atom stereocenters. The number of benzene rings is 2. The molecule has 3 aromatic rings. The van der Waals surface area contributed by atoms with Gasteiger partial charge in [0.15, 0.2) is 5.58 Å². The maximum Gasteiger partial charge on any atom is 0.417 e. The fourth-order valence-electron chi connectivity index (χ4n) is 2.23. The summed E-state index contributed by atoms with van der Waals surface area (Å²) in [6.45, 7) is 3.94. The van der Waals surface area contributed by atoms with Crippen molar-refractivity contribution in [1.29, 1.82) is 0 Å². The number of hydrogen-bond acceptors (Lipinski definition) is 3. The zero-order valence-corrected chi connectivity index (χ0v) is 11.7. The van der Waals surface area contributed by atoms with E-state index in [0.29, 0.717) is 16.7 Å². The van der Waals surface area contributed by atoms with Crippen molar-refractivity contribution in [3.05, 3.63) is 63.6 Å². The second kappa shape index (κ2) is 4.94. The molecule has 0 aliphatic carbocycles. The van der Waals surface area contributed by atoms with Crippen LogP contribution in [0.5, 0.6) is 0 Å². The van der Waals surface area contributed by atoms with Crippen molar-refractivity contribution in [2.45, 2.75) is 13.8 Å². The topological polar surface area (TPSA) is 75.1 Å². The van der Waals surface area contributed by atoms with Crippen LogP contribution in [-0.4, -0.2) is 10.9 Å². The largest absolute Gasteiger partial charge is 0.417 e. The number of oxazole rings is 1. The van der Waals surface area contributed by atoms with Crippen LogP contribution in [0, 0.1) is 13.8 Å². The fraction of sp³-hybridized carbons (Fsp3) is 0.125. The number of amides is 1. The Morgan fingerprint density at radius 2 is 1.95 bits per heavy atom. The average molecular weight is 282 g/mol. The lowest BCUT2D eigenvalue weighted by molar-refractivity contribution is 0.102. The first kappa shape index (κ1) is 13.2. The quantitative estimate of drug-likeness (QED) is 0.758. The third-order valence-corrected chi connectivity index (χ3v) is 3.31. The Hall–Kier alpha value is -2.82. The van der Waals surface area contributed by atoms with E-state index in [2.05, 4.69) is 10.3 Å². The van der Waals surface area contributed by atoms with E-state index in [4.69, 9.17) is 4.42 Å². The first-order valence-corrected chi connectivity index (χ1v) is 6.54. The molecule has 2 N–H and O–H groups in total. The number of anilines is 1. The molecular formula is C16H14N2O3. The van der Waals surface area contributed by atoms with Gasteiger partial charge in [-0.2, -0.15) is 0 Å². The van der Waals surface area contributed by atoms with Gasteiger partial charge in [-0.1, -0.05) is 17.7 Å². The minimum atomic E-state index is -0.531. The van der Waals surface area contributed by atoms with Crippen molar-refractivity contribution in [3.8, 4) is 0 Å². The zero-order valence-electron chi connectivity index (χ0n) is 11.7. The highest BCUT2D eigenvalue weighted by atomic mass is 16.4. The third-order valence-electron chi connectivity index (χ3n) is 3.31. The molecule has 1 amide bonds. The first-order chi connectivity index (χ1) is 10.0.